The molecule has 20 heavy (non-hydrogen) atoms. The van der Waals surface area contributed by atoms with Gasteiger partial charge in [0.25, 0.3) is 10.0 Å². The van der Waals surface area contributed by atoms with Gasteiger partial charge in [-0.1, -0.05) is 6.92 Å². The van der Waals surface area contributed by atoms with Crippen LogP contribution in [-0.4, -0.2) is 62.5 Å². The normalized spacial score (nSPS) is 20.1. The summed E-state index contributed by atoms with van der Waals surface area (Å²) in [5, 5.41) is 9.36. The second kappa shape index (κ2) is 5.80. The minimum Gasteiger partial charge on any atom is -0.313 e. The highest BCUT2D eigenvalue weighted by Crippen LogP contribution is 2.19. The number of H-pyrrole nitrogens is 1. The highest BCUT2D eigenvalue weighted by Gasteiger charge is 2.33. The van der Waals surface area contributed by atoms with Crippen molar-refractivity contribution in [2.75, 3.05) is 31.1 Å². The largest absolute Gasteiger partial charge is 0.313 e. The fourth-order valence-electron chi connectivity index (χ4n) is 1.97. The summed E-state index contributed by atoms with van der Waals surface area (Å²) in [7, 11) is -6.83. The predicted molar refractivity (Wildman–Crippen MR) is 73.4 cm³/mol. The molecule has 0 saturated carbocycles. The van der Waals surface area contributed by atoms with E-state index in [1.807, 2.05) is 6.92 Å². The van der Waals surface area contributed by atoms with E-state index in [1.165, 1.54) is 10.5 Å². The number of hydrogen-bond donors (Lipinski definition) is 2. The van der Waals surface area contributed by atoms with E-state index in [1.54, 1.807) is 0 Å². The van der Waals surface area contributed by atoms with Crippen LogP contribution >= 0.6 is 0 Å². The Balaban J connectivity index is 2.21. The molecule has 0 radical (unpaired) electrons. The van der Waals surface area contributed by atoms with Crippen LogP contribution in [0.4, 0.5) is 0 Å². The Morgan fingerprint density at radius 3 is 2.65 bits per heavy atom. The minimum atomic E-state index is -3.72. The van der Waals surface area contributed by atoms with Gasteiger partial charge in [-0.25, -0.2) is 16.8 Å². The van der Waals surface area contributed by atoms with Crippen LogP contribution in [0.5, 0.6) is 0 Å². The first-order chi connectivity index (χ1) is 9.37. The summed E-state index contributed by atoms with van der Waals surface area (Å²) in [4.78, 5) is 0. The molecular weight excluding hydrogens is 304 g/mol. The highest BCUT2D eigenvalue weighted by molar-refractivity contribution is 7.92. The number of nitrogens with one attached hydrogen (secondary N) is 2. The van der Waals surface area contributed by atoms with Gasteiger partial charge in [0, 0.05) is 25.2 Å². The zero-order chi connectivity index (χ0) is 14.8. The summed E-state index contributed by atoms with van der Waals surface area (Å²) in [6.45, 7) is 3.01. The van der Waals surface area contributed by atoms with Gasteiger partial charge >= 0.3 is 0 Å². The zero-order valence-corrected chi connectivity index (χ0v) is 12.8. The van der Waals surface area contributed by atoms with Crippen molar-refractivity contribution in [3.63, 3.8) is 0 Å². The van der Waals surface area contributed by atoms with Crippen LogP contribution in [0.1, 0.15) is 12.5 Å². The maximum absolute atomic E-state index is 12.5. The van der Waals surface area contributed by atoms with Crippen molar-refractivity contribution in [2.45, 2.75) is 18.5 Å². The summed E-state index contributed by atoms with van der Waals surface area (Å²) in [6.07, 6.45) is 1.47. The van der Waals surface area contributed by atoms with E-state index in [4.69, 9.17) is 0 Å². The number of hydrogen-bond acceptors (Lipinski definition) is 6. The molecule has 1 fully saturated rings. The van der Waals surface area contributed by atoms with Gasteiger partial charge in [-0.05, 0) is 6.54 Å². The maximum atomic E-state index is 12.5. The molecule has 114 valence electrons. The molecule has 1 aromatic rings. The summed E-state index contributed by atoms with van der Waals surface area (Å²) < 4.78 is 48.9. The van der Waals surface area contributed by atoms with Gasteiger partial charge in [-0.3, -0.25) is 5.10 Å². The van der Waals surface area contributed by atoms with Crippen LogP contribution in [0, 0.1) is 0 Å². The molecule has 0 aromatic carbocycles. The molecule has 0 spiro atoms. The van der Waals surface area contributed by atoms with Crippen molar-refractivity contribution in [2.24, 2.45) is 0 Å². The average molecular weight is 322 g/mol. The van der Waals surface area contributed by atoms with Gasteiger partial charge in [0.15, 0.2) is 14.9 Å². The SMILES string of the molecule is CCNCc1cn[nH]c1S(=O)(=O)N1CCS(=O)(=O)CC1. The van der Waals surface area contributed by atoms with E-state index in [2.05, 4.69) is 15.5 Å². The van der Waals surface area contributed by atoms with E-state index in [9.17, 15) is 16.8 Å². The van der Waals surface area contributed by atoms with Crippen LogP contribution in [0.15, 0.2) is 11.2 Å². The molecule has 2 rings (SSSR count). The Bertz CT molecular complexity index is 651. The fourth-order valence-corrected chi connectivity index (χ4v) is 4.95. The molecule has 10 heteroatoms. The van der Waals surface area contributed by atoms with Crippen LogP contribution in [0.3, 0.4) is 0 Å². The van der Waals surface area contributed by atoms with Crippen LogP contribution < -0.4 is 5.32 Å². The van der Waals surface area contributed by atoms with Crippen molar-refractivity contribution >= 4 is 19.9 Å². The number of aromatic nitrogens is 2. The monoisotopic (exact) mass is 322 g/mol. The first kappa shape index (κ1) is 15.4. The smallest absolute Gasteiger partial charge is 0.260 e. The third-order valence-electron chi connectivity index (χ3n) is 3.14. The molecule has 8 nitrogen and oxygen atoms in total. The molecule has 0 atom stereocenters. The van der Waals surface area contributed by atoms with Gasteiger partial charge in [-0.15, -0.1) is 0 Å². The average Bonchev–Trinajstić information content (AvgIpc) is 2.84. The van der Waals surface area contributed by atoms with Crippen LogP contribution in [0.2, 0.25) is 0 Å². The van der Waals surface area contributed by atoms with Crippen molar-refractivity contribution in [1.82, 2.24) is 19.8 Å². The molecule has 1 aliphatic heterocycles. The van der Waals surface area contributed by atoms with Gasteiger partial charge in [-0.2, -0.15) is 9.40 Å². The molecule has 0 aliphatic carbocycles. The number of aromatic amines is 1. The van der Waals surface area contributed by atoms with E-state index in [0.717, 1.165) is 0 Å². The second-order valence-corrected chi connectivity index (χ2v) is 8.74. The van der Waals surface area contributed by atoms with Crippen molar-refractivity contribution in [3.8, 4) is 0 Å². The van der Waals surface area contributed by atoms with E-state index in [0.29, 0.717) is 18.7 Å². The number of sulfonamides is 1. The van der Waals surface area contributed by atoms with Gasteiger partial charge in [0.2, 0.25) is 0 Å². The standard InChI is InChI=1S/C10H18N4O4S2/c1-2-11-7-9-8-12-13-10(9)20(17,18)14-3-5-19(15,16)6-4-14/h8,11H,2-7H2,1H3,(H,12,13). The Labute approximate surface area is 118 Å². The molecule has 0 unspecified atom stereocenters. The molecule has 0 bridgehead atoms. The lowest BCUT2D eigenvalue weighted by atomic mass is 10.3. The number of rotatable bonds is 5. The quantitative estimate of drug-likeness (QED) is 0.714. The first-order valence-electron chi connectivity index (χ1n) is 6.30. The minimum absolute atomic E-state index is 0.00959. The molecule has 2 heterocycles. The van der Waals surface area contributed by atoms with Gasteiger partial charge < -0.3 is 5.32 Å². The molecular formula is C10H18N4O4S2. The van der Waals surface area contributed by atoms with E-state index >= 15 is 0 Å². The summed E-state index contributed by atoms with van der Waals surface area (Å²) in [5.74, 6) is -0.272. The summed E-state index contributed by atoms with van der Waals surface area (Å²) >= 11 is 0. The second-order valence-electron chi connectivity index (χ2n) is 4.56. The molecule has 2 N–H and O–H groups in total. The topological polar surface area (TPSA) is 112 Å². The van der Waals surface area contributed by atoms with E-state index in [-0.39, 0.29) is 29.6 Å². The highest BCUT2D eigenvalue weighted by atomic mass is 32.2. The third-order valence-corrected chi connectivity index (χ3v) is 6.67. The van der Waals surface area contributed by atoms with Crippen LogP contribution in [-0.2, 0) is 26.4 Å². The molecule has 0 amide bonds. The predicted octanol–water partition coefficient (Wildman–Crippen LogP) is -1.06. The molecule has 1 aliphatic rings. The fraction of sp³-hybridized carbons (Fsp3) is 0.700. The lowest BCUT2D eigenvalue weighted by molar-refractivity contribution is 0.427. The lowest BCUT2D eigenvalue weighted by Gasteiger charge is -2.25. The van der Waals surface area contributed by atoms with Crippen molar-refractivity contribution in [1.29, 1.82) is 0 Å². The zero-order valence-electron chi connectivity index (χ0n) is 11.2. The van der Waals surface area contributed by atoms with E-state index < -0.39 is 19.9 Å². The Morgan fingerprint density at radius 1 is 1.40 bits per heavy atom. The number of sulfone groups is 1. The Kier molecular flexibility index (Phi) is 4.47. The summed E-state index contributed by atoms with van der Waals surface area (Å²) in [5.41, 5.74) is 0.556. The van der Waals surface area contributed by atoms with Crippen LogP contribution in [0.25, 0.3) is 0 Å². The number of nitrogens with zero attached hydrogens (tertiary/aromatic N) is 2. The maximum Gasteiger partial charge on any atom is 0.260 e. The summed E-state index contributed by atoms with van der Waals surface area (Å²) in [6, 6.07) is 0. The van der Waals surface area contributed by atoms with Crippen molar-refractivity contribution < 1.29 is 16.8 Å². The Hall–Kier alpha value is -0.970. The Morgan fingerprint density at radius 2 is 2.05 bits per heavy atom. The lowest BCUT2D eigenvalue weighted by Crippen LogP contribution is -2.44. The molecule has 1 aromatic heterocycles. The van der Waals surface area contributed by atoms with Gasteiger partial charge in [0.05, 0.1) is 17.7 Å². The third kappa shape index (κ3) is 3.19. The molecule has 1 saturated heterocycles. The van der Waals surface area contributed by atoms with Crippen molar-refractivity contribution in [3.05, 3.63) is 11.8 Å². The van der Waals surface area contributed by atoms with Gasteiger partial charge in [0.1, 0.15) is 0 Å². The first-order valence-corrected chi connectivity index (χ1v) is 9.56.